The van der Waals surface area contributed by atoms with Crippen LogP contribution in [0.15, 0.2) is 30.6 Å². The van der Waals surface area contributed by atoms with Crippen molar-refractivity contribution in [3.8, 4) is 6.07 Å². The van der Waals surface area contributed by atoms with E-state index in [2.05, 4.69) is 20.3 Å². The molecule has 0 aliphatic carbocycles. The van der Waals surface area contributed by atoms with Crippen LogP contribution in [-0.4, -0.2) is 26.0 Å². The van der Waals surface area contributed by atoms with Gasteiger partial charge in [0.2, 0.25) is 0 Å². The van der Waals surface area contributed by atoms with Crippen molar-refractivity contribution < 1.29 is 14.3 Å². The van der Waals surface area contributed by atoms with Crippen molar-refractivity contribution in [1.29, 1.82) is 5.26 Å². The van der Waals surface area contributed by atoms with Crippen molar-refractivity contribution in [3.63, 3.8) is 0 Å². The zero-order chi connectivity index (χ0) is 18.8. The first-order valence-electron chi connectivity index (χ1n) is 7.52. The number of pyridine rings is 1. The molecule has 1 atom stereocenters. The van der Waals surface area contributed by atoms with Gasteiger partial charge in [-0.3, -0.25) is 0 Å². The molecule has 130 valence electrons. The fraction of sp³-hybridized carbons (Fsp3) is 0.118. The number of rotatable bonds is 4. The van der Waals surface area contributed by atoms with Crippen LogP contribution in [0.4, 0.5) is 16.0 Å². The lowest BCUT2D eigenvalue weighted by molar-refractivity contribution is 0.0695. The Morgan fingerprint density at radius 2 is 2.19 bits per heavy atom. The molecule has 0 saturated heterocycles. The molecule has 1 unspecified atom stereocenters. The number of carbonyl (C=O) groups is 1. The number of nitrogens with zero attached hydrogens (tertiary/aromatic N) is 4. The molecular formula is C17H13FN6O2. The predicted octanol–water partition coefficient (Wildman–Crippen LogP) is 2.49. The highest BCUT2D eigenvalue weighted by molar-refractivity contribution is 5.94. The van der Waals surface area contributed by atoms with Gasteiger partial charge in [0.15, 0.2) is 0 Å². The van der Waals surface area contributed by atoms with E-state index in [0.29, 0.717) is 5.52 Å². The van der Waals surface area contributed by atoms with Crippen molar-refractivity contribution in [3.05, 3.63) is 53.2 Å². The molecule has 0 amide bonds. The summed E-state index contributed by atoms with van der Waals surface area (Å²) in [5.74, 6) is -1.64. The third-order valence-corrected chi connectivity index (χ3v) is 3.82. The summed E-state index contributed by atoms with van der Waals surface area (Å²) in [5.41, 5.74) is 6.04. The molecule has 8 nitrogen and oxygen atoms in total. The summed E-state index contributed by atoms with van der Waals surface area (Å²) >= 11 is 0. The Hall–Kier alpha value is -3.80. The Labute approximate surface area is 147 Å². The lowest BCUT2D eigenvalue weighted by atomic mass is 10.0. The summed E-state index contributed by atoms with van der Waals surface area (Å²) in [5, 5.41) is 21.7. The number of nitrogen functional groups attached to an aromatic ring is 1. The molecule has 0 radical (unpaired) electrons. The smallest absolute Gasteiger partial charge is 0.337 e. The van der Waals surface area contributed by atoms with Crippen molar-refractivity contribution in [1.82, 2.24) is 15.0 Å². The Morgan fingerprint density at radius 3 is 2.88 bits per heavy atom. The maximum Gasteiger partial charge on any atom is 0.337 e. The molecule has 0 aliphatic rings. The molecule has 1 aromatic carbocycles. The average Bonchev–Trinajstić information content (AvgIpc) is 2.61. The number of hydrogen-bond acceptors (Lipinski definition) is 7. The molecule has 2 aromatic heterocycles. The maximum atomic E-state index is 13.9. The zero-order valence-electron chi connectivity index (χ0n) is 13.6. The van der Waals surface area contributed by atoms with Crippen LogP contribution < -0.4 is 11.1 Å². The number of carboxylic acid groups (broad SMARTS) is 1. The standard InChI is InChI=1S/C17H13FN6O2/c1-8(23-16-11(6-19)15(20)21-7-22-16)14-10(17(25)26)5-9-12(18)3-2-4-13(9)24-14/h2-5,7-8H,1H3,(H,25,26)(H3,20,21,22,23). The van der Waals surface area contributed by atoms with Crippen LogP contribution in [0.1, 0.15) is 34.6 Å². The van der Waals surface area contributed by atoms with Gasteiger partial charge in [0, 0.05) is 5.39 Å². The summed E-state index contributed by atoms with van der Waals surface area (Å²) in [6.07, 6.45) is 1.19. The summed E-state index contributed by atoms with van der Waals surface area (Å²) in [6, 6.07) is 6.81. The minimum absolute atomic E-state index is 0.00389. The van der Waals surface area contributed by atoms with Gasteiger partial charge in [0.1, 0.15) is 35.4 Å². The lowest BCUT2D eigenvalue weighted by Crippen LogP contribution is -2.16. The van der Waals surface area contributed by atoms with Gasteiger partial charge in [0.25, 0.3) is 0 Å². The van der Waals surface area contributed by atoms with Crippen molar-refractivity contribution in [2.45, 2.75) is 13.0 Å². The van der Waals surface area contributed by atoms with Crippen LogP contribution in [0.5, 0.6) is 0 Å². The molecule has 3 aromatic rings. The SMILES string of the molecule is CC(Nc1ncnc(N)c1C#N)c1nc2cccc(F)c2cc1C(=O)O. The van der Waals surface area contributed by atoms with Crippen LogP contribution in [-0.2, 0) is 0 Å². The second-order valence-corrected chi connectivity index (χ2v) is 5.49. The van der Waals surface area contributed by atoms with Gasteiger partial charge >= 0.3 is 5.97 Å². The molecular weight excluding hydrogens is 339 g/mol. The highest BCUT2D eigenvalue weighted by Gasteiger charge is 2.21. The summed E-state index contributed by atoms with van der Waals surface area (Å²) in [6.45, 7) is 1.65. The van der Waals surface area contributed by atoms with E-state index in [1.165, 1.54) is 24.5 Å². The van der Waals surface area contributed by atoms with Gasteiger partial charge in [-0.25, -0.2) is 24.1 Å². The number of hydrogen-bond donors (Lipinski definition) is 3. The van der Waals surface area contributed by atoms with Crippen molar-refractivity contribution >= 4 is 28.5 Å². The van der Waals surface area contributed by atoms with E-state index in [1.54, 1.807) is 13.0 Å². The van der Waals surface area contributed by atoms with Gasteiger partial charge in [-0.05, 0) is 25.1 Å². The van der Waals surface area contributed by atoms with Gasteiger partial charge in [0.05, 0.1) is 22.8 Å². The Kier molecular flexibility index (Phi) is 4.33. The summed E-state index contributed by atoms with van der Waals surface area (Å²) in [4.78, 5) is 23.6. The molecule has 0 saturated carbocycles. The van der Waals surface area contributed by atoms with Gasteiger partial charge < -0.3 is 16.2 Å². The van der Waals surface area contributed by atoms with Crippen LogP contribution in [0, 0.1) is 17.1 Å². The van der Waals surface area contributed by atoms with Crippen LogP contribution in [0.2, 0.25) is 0 Å². The van der Waals surface area contributed by atoms with Crippen molar-refractivity contribution in [2.24, 2.45) is 0 Å². The average molecular weight is 352 g/mol. The van der Waals surface area contributed by atoms with Gasteiger partial charge in [-0.1, -0.05) is 6.07 Å². The zero-order valence-corrected chi connectivity index (χ0v) is 13.6. The first-order chi connectivity index (χ1) is 12.4. The Bertz CT molecular complexity index is 1060. The molecule has 0 fully saturated rings. The Balaban J connectivity index is 2.10. The van der Waals surface area contributed by atoms with E-state index < -0.39 is 17.8 Å². The Morgan fingerprint density at radius 1 is 1.42 bits per heavy atom. The first-order valence-corrected chi connectivity index (χ1v) is 7.52. The molecule has 0 bridgehead atoms. The molecule has 2 heterocycles. The second kappa shape index (κ2) is 6.60. The van der Waals surface area contributed by atoms with Crippen LogP contribution in [0.25, 0.3) is 10.9 Å². The number of nitrogens with two attached hydrogens (primary N) is 1. The minimum Gasteiger partial charge on any atom is -0.478 e. The predicted molar refractivity (Wildman–Crippen MR) is 91.9 cm³/mol. The monoisotopic (exact) mass is 352 g/mol. The number of carboxylic acids is 1. The fourth-order valence-corrected chi connectivity index (χ4v) is 2.57. The molecule has 0 aliphatic heterocycles. The lowest BCUT2D eigenvalue weighted by Gasteiger charge is -2.18. The maximum absolute atomic E-state index is 13.9. The molecule has 3 rings (SSSR count). The number of fused-ring (bicyclic) bond motifs is 1. The first kappa shape index (κ1) is 17.0. The topological polar surface area (TPSA) is 138 Å². The number of aromatic nitrogens is 3. The highest BCUT2D eigenvalue weighted by atomic mass is 19.1. The quantitative estimate of drug-likeness (QED) is 0.651. The fourth-order valence-electron chi connectivity index (χ4n) is 2.57. The minimum atomic E-state index is -1.24. The summed E-state index contributed by atoms with van der Waals surface area (Å²) in [7, 11) is 0. The molecule has 4 N–H and O–H groups in total. The number of benzene rings is 1. The van der Waals surface area contributed by atoms with E-state index in [-0.39, 0.29) is 33.8 Å². The van der Waals surface area contributed by atoms with Crippen molar-refractivity contribution in [2.75, 3.05) is 11.1 Å². The van der Waals surface area contributed by atoms with E-state index in [9.17, 15) is 19.6 Å². The normalized spacial score (nSPS) is 11.7. The van der Waals surface area contributed by atoms with Gasteiger partial charge in [-0.15, -0.1) is 0 Å². The van der Waals surface area contributed by atoms with Crippen LogP contribution in [0.3, 0.4) is 0 Å². The number of nitrogens with one attached hydrogen (secondary N) is 1. The van der Waals surface area contributed by atoms with E-state index in [4.69, 9.17) is 5.73 Å². The van der Waals surface area contributed by atoms with E-state index >= 15 is 0 Å². The van der Waals surface area contributed by atoms with E-state index in [1.807, 2.05) is 6.07 Å². The third-order valence-electron chi connectivity index (χ3n) is 3.82. The molecule has 0 spiro atoms. The number of anilines is 2. The molecule has 26 heavy (non-hydrogen) atoms. The third kappa shape index (κ3) is 2.95. The largest absolute Gasteiger partial charge is 0.478 e. The van der Waals surface area contributed by atoms with E-state index in [0.717, 1.165) is 0 Å². The van der Waals surface area contributed by atoms with Crippen LogP contribution >= 0.6 is 0 Å². The number of halogens is 1. The highest BCUT2D eigenvalue weighted by Crippen LogP contribution is 2.27. The number of nitriles is 1. The second-order valence-electron chi connectivity index (χ2n) is 5.49. The molecule has 9 heteroatoms. The van der Waals surface area contributed by atoms with Gasteiger partial charge in [-0.2, -0.15) is 5.26 Å². The summed E-state index contributed by atoms with van der Waals surface area (Å²) < 4.78 is 13.9. The number of aromatic carboxylic acids is 1.